The Balaban J connectivity index is 1.30. The van der Waals surface area contributed by atoms with Gasteiger partial charge in [-0.15, -0.1) is 0 Å². The predicted octanol–water partition coefficient (Wildman–Crippen LogP) is 3.48. The van der Waals surface area contributed by atoms with Gasteiger partial charge in [0, 0.05) is 25.6 Å². The molecule has 4 rings (SSSR count). The van der Waals surface area contributed by atoms with Gasteiger partial charge in [-0.3, -0.25) is 9.69 Å². The lowest BCUT2D eigenvalue weighted by Gasteiger charge is -2.36. The highest BCUT2D eigenvalue weighted by atomic mass is 19.4. The minimum Gasteiger partial charge on any atom is -0.335 e. The third-order valence-electron chi connectivity index (χ3n) is 6.62. The molecular formula is C21H26F5N3O. The molecule has 2 atom stereocenters. The lowest BCUT2D eigenvalue weighted by Crippen LogP contribution is -2.43. The standard InChI is InChI=1S/C21H26F5N3O/c22-20(23)6-9-29(13-20)19(30)18-11-17(12-27-18)28-7-4-14(5-8-28)15-2-1-3-16(10-15)21(24,25)26/h1-3,10,14,17-18,27H,4-9,11-13H2/t17-,18-/m0/s1. The number of carbonyl (C=O) groups excluding carboxylic acids is 1. The van der Waals surface area contributed by atoms with E-state index in [1.807, 2.05) is 0 Å². The summed E-state index contributed by atoms with van der Waals surface area (Å²) in [6.45, 7) is 1.70. The molecule has 0 aromatic heterocycles. The maximum atomic E-state index is 13.4. The van der Waals surface area contributed by atoms with Gasteiger partial charge in [-0.1, -0.05) is 18.2 Å². The van der Waals surface area contributed by atoms with Crippen molar-refractivity contribution in [2.24, 2.45) is 0 Å². The van der Waals surface area contributed by atoms with Gasteiger partial charge in [0.15, 0.2) is 0 Å². The second-order valence-electron chi connectivity index (χ2n) is 8.65. The molecule has 0 bridgehead atoms. The van der Waals surface area contributed by atoms with Crippen LogP contribution in [0.3, 0.4) is 0 Å². The normalized spacial score (nSPS) is 28.2. The number of hydrogen-bond donors (Lipinski definition) is 1. The van der Waals surface area contributed by atoms with Crippen LogP contribution in [0.1, 0.15) is 42.7 Å². The van der Waals surface area contributed by atoms with E-state index in [2.05, 4.69) is 10.2 Å². The zero-order chi connectivity index (χ0) is 21.5. The van der Waals surface area contributed by atoms with E-state index in [4.69, 9.17) is 0 Å². The van der Waals surface area contributed by atoms with Crippen LogP contribution in [0.15, 0.2) is 24.3 Å². The quantitative estimate of drug-likeness (QED) is 0.745. The highest BCUT2D eigenvalue weighted by molar-refractivity contribution is 5.82. The smallest absolute Gasteiger partial charge is 0.335 e. The molecule has 0 spiro atoms. The van der Waals surface area contributed by atoms with E-state index in [9.17, 15) is 26.7 Å². The molecule has 1 aromatic rings. The van der Waals surface area contributed by atoms with Crippen LogP contribution < -0.4 is 5.32 Å². The number of halogens is 5. The van der Waals surface area contributed by atoms with Crippen LogP contribution in [0, 0.1) is 0 Å². The van der Waals surface area contributed by atoms with Crippen LogP contribution >= 0.6 is 0 Å². The van der Waals surface area contributed by atoms with Crippen molar-refractivity contribution in [3.8, 4) is 0 Å². The predicted molar refractivity (Wildman–Crippen MR) is 101 cm³/mol. The SMILES string of the molecule is O=C([C@@H]1C[C@H](N2CCC(c3cccc(C(F)(F)F)c3)CC2)CN1)N1CCC(F)(F)C1. The lowest BCUT2D eigenvalue weighted by atomic mass is 9.88. The van der Waals surface area contributed by atoms with E-state index in [1.54, 1.807) is 6.07 Å². The highest BCUT2D eigenvalue weighted by Gasteiger charge is 2.44. The molecule has 1 amide bonds. The van der Waals surface area contributed by atoms with Crippen LogP contribution in [0.25, 0.3) is 0 Å². The molecule has 3 heterocycles. The van der Waals surface area contributed by atoms with E-state index < -0.39 is 30.2 Å². The Hall–Kier alpha value is -1.74. The number of piperidine rings is 1. The summed E-state index contributed by atoms with van der Waals surface area (Å²) in [5, 5.41) is 3.17. The minimum atomic E-state index is -4.34. The molecule has 1 N–H and O–H groups in total. The first kappa shape index (κ1) is 21.5. The summed E-state index contributed by atoms with van der Waals surface area (Å²) in [5.74, 6) is -2.96. The molecule has 0 saturated carbocycles. The van der Waals surface area contributed by atoms with Crippen LogP contribution in [-0.4, -0.2) is 66.4 Å². The topological polar surface area (TPSA) is 35.6 Å². The number of likely N-dealkylation sites (tertiary alicyclic amines) is 2. The highest BCUT2D eigenvalue weighted by Crippen LogP contribution is 2.35. The molecule has 4 nitrogen and oxygen atoms in total. The third kappa shape index (κ3) is 4.61. The van der Waals surface area contributed by atoms with Crippen molar-refractivity contribution >= 4 is 5.91 Å². The van der Waals surface area contributed by atoms with E-state index in [-0.39, 0.29) is 30.8 Å². The van der Waals surface area contributed by atoms with Crippen LogP contribution in [0.4, 0.5) is 22.0 Å². The summed E-state index contributed by atoms with van der Waals surface area (Å²) in [5.41, 5.74) is 0.105. The monoisotopic (exact) mass is 431 g/mol. The summed E-state index contributed by atoms with van der Waals surface area (Å²) in [6.07, 6.45) is -2.52. The molecule has 1 aromatic carbocycles. The average molecular weight is 431 g/mol. The number of carbonyl (C=O) groups is 1. The Morgan fingerprint density at radius 3 is 2.50 bits per heavy atom. The fraction of sp³-hybridized carbons (Fsp3) is 0.667. The lowest BCUT2D eigenvalue weighted by molar-refractivity contribution is -0.137. The summed E-state index contributed by atoms with van der Waals surface area (Å²) in [7, 11) is 0. The second-order valence-corrected chi connectivity index (χ2v) is 8.65. The van der Waals surface area contributed by atoms with E-state index in [0.717, 1.165) is 37.6 Å². The van der Waals surface area contributed by atoms with Crippen molar-refractivity contribution in [1.29, 1.82) is 0 Å². The molecule has 0 radical (unpaired) electrons. The fourth-order valence-electron chi connectivity index (χ4n) is 4.89. The van der Waals surface area contributed by atoms with Crippen molar-refractivity contribution in [2.75, 3.05) is 32.7 Å². The largest absolute Gasteiger partial charge is 0.416 e. The molecular weight excluding hydrogens is 405 g/mol. The van der Waals surface area contributed by atoms with Gasteiger partial charge in [0.05, 0.1) is 18.2 Å². The summed E-state index contributed by atoms with van der Waals surface area (Å²) in [4.78, 5) is 16.1. The van der Waals surface area contributed by atoms with Gasteiger partial charge in [-0.05, 0) is 49.9 Å². The first-order valence-electron chi connectivity index (χ1n) is 10.4. The number of benzene rings is 1. The summed E-state index contributed by atoms with van der Waals surface area (Å²) < 4.78 is 65.7. The van der Waals surface area contributed by atoms with Crippen molar-refractivity contribution in [1.82, 2.24) is 15.1 Å². The van der Waals surface area contributed by atoms with E-state index in [1.165, 1.54) is 17.0 Å². The molecule has 30 heavy (non-hydrogen) atoms. The summed E-state index contributed by atoms with van der Waals surface area (Å²) in [6, 6.07) is 5.26. The van der Waals surface area contributed by atoms with Gasteiger partial charge in [0.1, 0.15) is 0 Å². The molecule has 0 aliphatic carbocycles. The first-order chi connectivity index (χ1) is 14.1. The number of nitrogens with zero attached hydrogens (tertiary/aromatic N) is 2. The Morgan fingerprint density at radius 2 is 1.87 bits per heavy atom. The number of hydrogen-bond acceptors (Lipinski definition) is 3. The van der Waals surface area contributed by atoms with Crippen molar-refractivity contribution < 1.29 is 26.7 Å². The number of amides is 1. The minimum absolute atomic E-state index is 0.0853. The zero-order valence-corrected chi connectivity index (χ0v) is 16.6. The van der Waals surface area contributed by atoms with Crippen molar-refractivity contribution in [2.45, 2.75) is 55.8 Å². The number of nitrogens with one attached hydrogen (secondary N) is 1. The fourth-order valence-corrected chi connectivity index (χ4v) is 4.89. The van der Waals surface area contributed by atoms with Crippen LogP contribution in [0.2, 0.25) is 0 Å². The zero-order valence-electron chi connectivity index (χ0n) is 16.6. The Kier molecular flexibility index (Phi) is 5.78. The first-order valence-corrected chi connectivity index (χ1v) is 10.4. The number of rotatable bonds is 3. The molecule has 0 unspecified atom stereocenters. The Morgan fingerprint density at radius 1 is 1.13 bits per heavy atom. The van der Waals surface area contributed by atoms with Gasteiger partial charge >= 0.3 is 6.18 Å². The third-order valence-corrected chi connectivity index (χ3v) is 6.62. The molecule has 9 heteroatoms. The van der Waals surface area contributed by atoms with Gasteiger partial charge in [-0.25, -0.2) is 8.78 Å². The van der Waals surface area contributed by atoms with Gasteiger partial charge in [-0.2, -0.15) is 13.2 Å². The Bertz CT molecular complexity index is 776. The average Bonchev–Trinajstić information content (AvgIpc) is 3.34. The summed E-state index contributed by atoms with van der Waals surface area (Å²) >= 11 is 0. The van der Waals surface area contributed by atoms with Gasteiger partial charge in [0.25, 0.3) is 5.92 Å². The van der Waals surface area contributed by atoms with Crippen molar-refractivity contribution in [3.05, 3.63) is 35.4 Å². The van der Waals surface area contributed by atoms with E-state index in [0.29, 0.717) is 13.0 Å². The molecule has 3 aliphatic rings. The maximum Gasteiger partial charge on any atom is 0.416 e. The van der Waals surface area contributed by atoms with Gasteiger partial charge < -0.3 is 10.2 Å². The van der Waals surface area contributed by atoms with Crippen LogP contribution in [-0.2, 0) is 11.0 Å². The molecule has 3 fully saturated rings. The maximum absolute atomic E-state index is 13.4. The molecule has 3 aliphatic heterocycles. The van der Waals surface area contributed by atoms with Gasteiger partial charge in [0.2, 0.25) is 5.91 Å². The number of alkyl halides is 5. The Labute approximate surface area is 172 Å². The molecule has 3 saturated heterocycles. The second kappa shape index (κ2) is 8.07. The van der Waals surface area contributed by atoms with Crippen molar-refractivity contribution in [3.63, 3.8) is 0 Å². The molecule has 166 valence electrons. The van der Waals surface area contributed by atoms with Crippen LogP contribution in [0.5, 0.6) is 0 Å². The van der Waals surface area contributed by atoms with E-state index >= 15 is 0 Å².